The average Bonchev–Trinajstić information content (AvgIpc) is 3.42. The molecular formula is C28H33N3O3. The van der Waals surface area contributed by atoms with Crippen LogP contribution < -0.4 is 5.32 Å². The molecule has 1 aliphatic heterocycles. The Labute approximate surface area is 200 Å². The summed E-state index contributed by atoms with van der Waals surface area (Å²) in [5, 5.41) is 3.33. The molecule has 3 heterocycles. The van der Waals surface area contributed by atoms with E-state index in [1.165, 1.54) is 12.8 Å². The molecule has 0 radical (unpaired) electrons. The quantitative estimate of drug-likeness (QED) is 0.526. The van der Waals surface area contributed by atoms with E-state index in [9.17, 15) is 9.59 Å². The van der Waals surface area contributed by atoms with Crippen molar-refractivity contribution in [2.45, 2.75) is 77.0 Å². The number of amides is 2. The van der Waals surface area contributed by atoms with Crippen molar-refractivity contribution in [3.63, 3.8) is 0 Å². The van der Waals surface area contributed by atoms with Gasteiger partial charge in [-0.05, 0) is 62.1 Å². The van der Waals surface area contributed by atoms with Crippen molar-refractivity contribution in [1.29, 1.82) is 0 Å². The third-order valence-corrected chi connectivity index (χ3v) is 7.55. The van der Waals surface area contributed by atoms with E-state index < -0.39 is 5.54 Å². The maximum absolute atomic E-state index is 13.9. The number of rotatable bonds is 5. The molecule has 1 aromatic carbocycles. The fourth-order valence-corrected chi connectivity index (χ4v) is 5.38. The minimum absolute atomic E-state index is 0.0777. The number of hydrogen-bond acceptors (Lipinski definition) is 3. The topological polar surface area (TPSA) is 67.5 Å². The van der Waals surface area contributed by atoms with Crippen LogP contribution in [0.5, 0.6) is 0 Å². The highest BCUT2D eigenvalue weighted by atomic mass is 16.3. The molecule has 1 aliphatic carbocycles. The van der Waals surface area contributed by atoms with Gasteiger partial charge in [-0.3, -0.25) is 9.59 Å². The Morgan fingerprint density at radius 2 is 1.76 bits per heavy atom. The van der Waals surface area contributed by atoms with Crippen molar-refractivity contribution in [3.05, 3.63) is 71.6 Å². The van der Waals surface area contributed by atoms with E-state index in [-0.39, 0.29) is 17.9 Å². The van der Waals surface area contributed by atoms with E-state index in [1.807, 2.05) is 66.9 Å². The highest BCUT2D eigenvalue weighted by molar-refractivity contribution is 6.00. The van der Waals surface area contributed by atoms with Crippen LogP contribution in [0.2, 0.25) is 0 Å². The van der Waals surface area contributed by atoms with Gasteiger partial charge in [0.1, 0.15) is 17.0 Å². The number of nitrogens with one attached hydrogen (secondary N) is 1. The van der Waals surface area contributed by atoms with E-state index in [4.69, 9.17) is 4.42 Å². The third-order valence-electron chi connectivity index (χ3n) is 7.55. The number of carbonyl (C=O) groups is 2. The first-order valence-electron chi connectivity index (χ1n) is 12.4. The Morgan fingerprint density at radius 1 is 1.03 bits per heavy atom. The van der Waals surface area contributed by atoms with Gasteiger partial charge >= 0.3 is 0 Å². The van der Waals surface area contributed by atoms with Gasteiger partial charge in [0, 0.05) is 12.6 Å². The predicted octanol–water partition coefficient (Wildman–Crippen LogP) is 5.31. The summed E-state index contributed by atoms with van der Waals surface area (Å²) >= 11 is 0. The van der Waals surface area contributed by atoms with Gasteiger partial charge in [0.25, 0.3) is 5.91 Å². The van der Waals surface area contributed by atoms with Gasteiger partial charge in [0.15, 0.2) is 0 Å². The van der Waals surface area contributed by atoms with Crippen molar-refractivity contribution in [1.82, 2.24) is 14.8 Å². The number of furan rings is 1. The fourth-order valence-electron chi connectivity index (χ4n) is 5.38. The van der Waals surface area contributed by atoms with Crippen LogP contribution in [0.1, 0.15) is 67.1 Å². The molecule has 0 unspecified atom stereocenters. The zero-order valence-corrected chi connectivity index (χ0v) is 20.0. The van der Waals surface area contributed by atoms with Crippen molar-refractivity contribution < 1.29 is 14.0 Å². The summed E-state index contributed by atoms with van der Waals surface area (Å²) in [5.41, 5.74) is 2.53. The second kappa shape index (κ2) is 9.16. The molecule has 1 fully saturated rings. The lowest BCUT2D eigenvalue weighted by atomic mass is 9.92. The Bertz CT molecular complexity index is 1170. The number of fused-ring (bicyclic) bond motifs is 1. The second-order valence-electron chi connectivity index (χ2n) is 9.92. The minimum atomic E-state index is -1.03. The van der Waals surface area contributed by atoms with Gasteiger partial charge in [-0.2, -0.15) is 0 Å². The van der Waals surface area contributed by atoms with Crippen molar-refractivity contribution in [2.75, 3.05) is 0 Å². The Balaban J connectivity index is 1.53. The number of benzene rings is 1. The van der Waals surface area contributed by atoms with Crippen molar-refractivity contribution in [3.8, 4) is 11.5 Å². The molecule has 6 nitrogen and oxygen atoms in total. The number of aromatic nitrogens is 1. The van der Waals surface area contributed by atoms with Crippen LogP contribution in [-0.2, 0) is 17.9 Å². The normalized spacial score (nSPS) is 21.2. The molecule has 6 heteroatoms. The van der Waals surface area contributed by atoms with Crippen LogP contribution in [0.25, 0.3) is 11.5 Å². The maximum atomic E-state index is 13.9. The highest BCUT2D eigenvalue weighted by Crippen LogP contribution is 2.35. The molecule has 2 amide bonds. The molecule has 2 aromatic heterocycles. The summed E-state index contributed by atoms with van der Waals surface area (Å²) in [4.78, 5) is 29.6. The summed E-state index contributed by atoms with van der Waals surface area (Å²) in [6.45, 7) is 4.72. The van der Waals surface area contributed by atoms with E-state index in [0.717, 1.165) is 42.5 Å². The lowest BCUT2D eigenvalue weighted by Gasteiger charge is -2.45. The third kappa shape index (κ3) is 4.06. The molecule has 0 spiro atoms. The van der Waals surface area contributed by atoms with E-state index in [2.05, 4.69) is 5.32 Å². The highest BCUT2D eigenvalue weighted by Gasteiger charge is 2.48. The van der Waals surface area contributed by atoms with E-state index >= 15 is 0 Å². The van der Waals surface area contributed by atoms with Crippen LogP contribution in [0.3, 0.4) is 0 Å². The van der Waals surface area contributed by atoms with Crippen molar-refractivity contribution in [2.24, 2.45) is 0 Å². The van der Waals surface area contributed by atoms with E-state index in [1.54, 1.807) is 11.2 Å². The molecule has 178 valence electrons. The molecular weight excluding hydrogens is 426 g/mol. The van der Waals surface area contributed by atoms with Gasteiger partial charge in [-0.15, -0.1) is 0 Å². The lowest BCUT2D eigenvalue weighted by molar-refractivity contribution is -0.134. The molecule has 34 heavy (non-hydrogen) atoms. The molecule has 0 bridgehead atoms. The number of hydrogen-bond donors (Lipinski definition) is 1. The zero-order valence-electron chi connectivity index (χ0n) is 20.0. The first-order valence-corrected chi connectivity index (χ1v) is 12.4. The van der Waals surface area contributed by atoms with Crippen molar-refractivity contribution >= 4 is 11.8 Å². The smallest absolute Gasteiger partial charge is 0.271 e. The summed E-state index contributed by atoms with van der Waals surface area (Å²) in [5.74, 6) is 0.481. The predicted molar refractivity (Wildman–Crippen MR) is 131 cm³/mol. The maximum Gasteiger partial charge on any atom is 0.271 e. The summed E-state index contributed by atoms with van der Waals surface area (Å²) in [6.07, 6.45) is 8.35. The van der Waals surface area contributed by atoms with Gasteiger partial charge in [-0.1, -0.05) is 49.9 Å². The molecule has 2 aliphatic rings. The summed E-state index contributed by atoms with van der Waals surface area (Å²) in [7, 11) is 0. The Kier molecular flexibility index (Phi) is 6.07. The molecule has 5 rings (SSSR count). The Hall–Kier alpha value is -3.28. The molecule has 1 saturated carbocycles. The number of aryl methyl sites for hydroxylation is 1. The molecule has 1 atom stereocenters. The van der Waals surface area contributed by atoms with Crippen LogP contribution in [0, 0.1) is 6.92 Å². The average molecular weight is 460 g/mol. The largest absolute Gasteiger partial charge is 0.463 e. The van der Waals surface area contributed by atoms with Crippen LogP contribution in [0.4, 0.5) is 0 Å². The Morgan fingerprint density at radius 3 is 2.47 bits per heavy atom. The zero-order chi connectivity index (χ0) is 23.7. The van der Waals surface area contributed by atoms with Gasteiger partial charge < -0.3 is 19.2 Å². The van der Waals surface area contributed by atoms with E-state index in [0.29, 0.717) is 24.5 Å². The molecule has 1 N–H and O–H groups in total. The minimum Gasteiger partial charge on any atom is -0.463 e. The van der Waals surface area contributed by atoms with Crippen LogP contribution in [-0.4, -0.2) is 32.9 Å². The standard InChI is InChI=1S/C28H33N3O3/c1-20-10-7-8-11-21(20)18-31-26(32)24-16-15-23(25-14-9-17-34-25)30(24)19-28(31,2)27(33)29-22-12-5-3-4-6-13-22/h7-11,14-17,22H,3-6,12-13,18-19H2,1-2H3,(H,29,33)/t28-/m1/s1. The van der Waals surface area contributed by atoms with Gasteiger partial charge in [0.2, 0.25) is 5.91 Å². The first-order chi connectivity index (χ1) is 16.5. The SMILES string of the molecule is Cc1ccccc1CN1C(=O)c2ccc(-c3ccco3)n2C[C@]1(C)C(=O)NC1CCCCCC1. The number of carbonyl (C=O) groups excluding carboxylic acids is 2. The number of nitrogens with zero attached hydrogens (tertiary/aromatic N) is 2. The first kappa shape index (κ1) is 22.5. The van der Waals surface area contributed by atoms with Crippen LogP contribution in [0.15, 0.2) is 59.2 Å². The van der Waals surface area contributed by atoms with Gasteiger partial charge in [0.05, 0.1) is 18.5 Å². The summed E-state index contributed by atoms with van der Waals surface area (Å²) < 4.78 is 7.58. The molecule has 3 aromatic rings. The fraction of sp³-hybridized carbons (Fsp3) is 0.429. The van der Waals surface area contributed by atoms with Crippen LogP contribution >= 0.6 is 0 Å². The summed E-state index contributed by atoms with van der Waals surface area (Å²) in [6, 6.07) is 15.7. The lowest BCUT2D eigenvalue weighted by Crippen LogP contribution is -2.64. The monoisotopic (exact) mass is 459 g/mol. The molecule has 0 saturated heterocycles. The van der Waals surface area contributed by atoms with Gasteiger partial charge in [-0.25, -0.2) is 0 Å². The second-order valence-corrected chi connectivity index (χ2v) is 9.92.